The number of likely N-dealkylation sites (N-methyl/N-ethyl adjacent to an activating group) is 1. The largest absolute Gasteiger partial charge is 0.392 e. The van der Waals surface area contributed by atoms with Crippen LogP contribution in [0.4, 0.5) is 0 Å². The van der Waals surface area contributed by atoms with Crippen LogP contribution in [0.1, 0.15) is 30.0 Å². The van der Waals surface area contributed by atoms with Crippen molar-refractivity contribution < 1.29 is 5.11 Å². The van der Waals surface area contributed by atoms with Crippen molar-refractivity contribution in [2.75, 3.05) is 20.1 Å². The van der Waals surface area contributed by atoms with E-state index in [1.165, 1.54) is 18.5 Å². The number of aliphatic hydroxyl groups excluding tert-OH is 1. The van der Waals surface area contributed by atoms with Gasteiger partial charge in [0.2, 0.25) is 0 Å². The monoisotopic (exact) mass is 254 g/mol. The Bertz CT molecular complexity index is 349. The molecule has 1 fully saturated rings. The van der Waals surface area contributed by atoms with Crippen LogP contribution >= 0.6 is 11.3 Å². The van der Waals surface area contributed by atoms with Crippen LogP contribution in [0.15, 0.2) is 5.38 Å². The van der Waals surface area contributed by atoms with Gasteiger partial charge in [-0.15, -0.1) is 11.3 Å². The number of hydrogen-bond acceptors (Lipinski definition) is 4. The molecule has 0 radical (unpaired) electrons. The number of hydrogen-bond donors (Lipinski definition) is 1. The topological polar surface area (TPSA) is 36.4 Å². The predicted octanol–water partition coefficient (Wildman–Crippen LogP) is 2.09. The molecule has 1 aliphatic rings. The highest BCUT2D eigenvalue weighted by molar-refractivity contribution is 7.09. The Balaban J connectivity index is 1.60. The summed E-state index contributed by atoms with van der Waals surface area (Å²) in [5, 5.41) is 13.1. The summed E-state index contributed by atoms with van der Waals surface area (Å²) < 4.78 is 0. The van der Waals surface area contributed by atoms with E-state index in [1.807, 2.05) is 6.92 Å². The standard InChI is InChI=1S/C13H22N2OS/c1-10-14-12(9-17-10)4-3-7-15(2)8-13(16)11-5-6-11/h9,11,13,16H,3-8H2,1-2H3. The molecule has 1 atom stereocenters. The van der Waals surface area contributed by atoms with Crippen molar-refractivity contribution >= 4 is 11.3 Å². The number of aliphatic hydroxyl groups is 1. The highest BCUT2D eigenvalue weighted by Gasteiger charge is 2.30. The van der Waals surface area contributed by atoms with Crippen molar-refractivity contribution in [3.05, 3.63) is 16.1 Å². The summed E-state index contributed by atoms with van der Waals surface area (Å²) in [5.41, 5.74) is 1.21. The van der Waals surface area contributed by atoms with Gasteiger partial charge in [-0.25, -0.2) is 4.98 Å². The van der Waals surface area contributed by atoms with Gasteiger partial charge in [-0.1, -0.05) is 0 Å². The zero-order valence-electron chi connectivity index (χ0n) is 10.7. The van der Waals surface area contributed by atoms with E-state index >= 15 is 0 Å². The first-order chi connectivity index (χ1) is 8.15. The molecule has 96 valence electrons. The third-order valence-electron chi connectivity index (χ3n) is 3.30. The molecule has 0 aromatic carbocycles. The van der Waals surface area contributed by atoms with Gasteiger partial charge >= 0.3 is 0 Å². The Morgan fingerprint density at radius 3 is 2.94 bits per heavy atom. The van der Waals surface area contributed by atoms with E-state index in [-0.39, 0.29) is 6.10 Å². The SMILES string of the molecule is Cc1nc(CCCN(C)CC(O)C2CC2)cs1. The van der Waals surface area contributed by atoms with E-state index in [4.69, 9.17) is 0 Å². The normalized spacial score (nSPS) is 17.6. The van der Waals surface area contributed by atoms with Crippen molar-refractivity contribution in [3.8, 4) is 0 Å². The molecular formula is C13H22N2OS. The maximum atomic E-state index is 9.83. The number of rotatable bonds is 7. The Kier molecular flexibility index (Phi) is 4.54. The molecule has 0 spiro atoms. The van der Waals surface area contributed by atoms with E-state index in [2.05, 4.69) is 22.3 Å². The fourth-order valence-corrected chi connectivity index (χ4v) is 2.74. The van der Waals surface area contributed by atoms with Gasteiger partial charge in [0.05, 0.1) is 16.8 Å². The maximum Gasteiger partial charge on any atom is 0.0897 e. The molecule has 3 nitrogen and oxygen atoms in total. The maximum absolute atomic E-state index is 9.83. The fraction of sp³-hybridized carbons (Fsp3) is 0.769. The molecule has 1 saturated carbocycles. The number of thiazole rings is 1. The van der Waals surface area contributed by atoms with Gasteiger partial charge in [0.15, 0.2) is 0 Å². The molecule has 1 aliphatic carbocycles. The van der Waals surface area contributed by atoms with Gasteiger partial charge in [0, 0.05) is 11.9 Å². The summed E-state index contributed by atoms with van der Waals surface area (Å²) in [5.74, 6) is 0.582. The Labute approximate surface area is 107 Å². The van der Waals surface area contributed by atoms with E-state index in [1.54, 1.807) is 11.3 Å². The van der Waals surface area contributed by atoms with Crippen molar-refractivity contribution in [1.29, 1.82) is 0 Å². The zero-order chi connectivity index (χ0) is 12.3. The van der Waals surface area contributed by atoms with Crippen molar-refractivity contribution in [2.24, 2.45) is 5.92 Å². The molecule has 4 heteroatoms. The molecule has 1 aromatic heterocycles. The molecule has 1 N–H and O–H groups in total. The second-order valence-corrected chi connectivity index (χ2v) is 6.19. The lowest BCUT2D eigenvalue weighted by atomic mass is 10.2. The lowest BCUT2D eigenvalue weighted by Gasteiger charge is -2.19. The smallest absolute Gasteiger partial charge is 0.0897 e. The van der Waals surface area contributed by atoms with E-state index in [9.17, 15) is 5.11 Å². The molecule has 0 bridgehead atoms. The number of aromatic nitrogens is 1. The van der Waals surface area contributed by atoms with Crippen LogP contribution in [0, 0.1) is 12.8 Å². The Hall–Kier alpha value is -0.450. The van der Waals surface area contributed by atoms with Crippen molar-refractivity contribution in [3.63, 3.8) is 0 Å². The average Bonchev–Trinajstić information content (AvgIpc) is 3.04. The molecule has 1 heterocycles. The zero-order valence-corrected chi connectivity index (χ0v) is 11.5. The minimum absolute atomic E-state index is 0.110. The van der Waals surface area contributed by atoms with Gasteiger partial charge in [-0.3, -0.25) is 0 Å². The molecule has 2 rings (SSSR count). The third-order valence-corrected chi connectivity index (χ3v) is 4.13. The summed E-state index contributed by atoms with van der Waals surface area (Å²) in [6.07, 6.45) is 4.49. The minimum atomic E-state index is -0.110. The first kappa shape index (κ1) is 13.0. The summed E-state index contributed by atoms with van der Waals surface area (Å²) >= 11 is 1.72. The van der Waals surface area contributed by atoms with Gasteiger partial charge < -0.3 is 10.0 Å². The second-order valence-electron chi connectivity index (χ2n) is 5.13. The summed E-state index contributed by atoms with van der Waals surface area (Å²) in [4.78, 5) is 6.70. The predicted molar refractivity (Wildman–Crippen MR) is 71.4 cm³/mol. The number of nitrogens with zero attached hydrogens (tertiary/aromatic N) is 2. The van der Waals surface area contributed by atoms with Crippen LogP contribution in [0.5, 0.6) is 0 Å². The van der Waals surface area contributed by atoms with Crippen LogP contribution in [0.25, 0.3) is 0 Å². The fourth-order valence-electron chi connectivity index (χ4n) is 2.09. The molecule has 0 aliphatic heterocycles. The van der Waals surface area contributed by atoms with Crippen molar-refractivity contribution in [2.45, 2.75) is 38.7 Å². The van der Waals surface area contributed by atoms with Gasteiger partial charge in [-0.05, 0) is 52.1 Å². The van der Waals surface area contributed by atoms with E-state index in [0.29, 0.717) is 5.92 Å². The summed E-state index contributed by atoms with van der Waals surface area (Å²) in [6, 6.07) is 0. The van der Waals surface area contributed by atoms with E-state index < -0.39 is 0 Å². The van der Waals surface area contributed by atoms with Gasteiger partial charge in [0.1, 0.15) is 0 Å². The lowest BCUT2D eigenvalue weighted by Crippen LogP contribution is -2.31. The highest BCUT2D eigenvalue weighted by Crippen LogP contribution is 2.32. The molecule has 0 saturated heterocycles. The Morgan fingerprint density at radius 1 is 1.59 bits per heavy atom. The van der Waals surface area contributed by atoms with Crippen LogP contribution < -0.4 is 0 Å². The van der Waals surface area contributed by atoms with Gasteiger partial charge in [-0.2, -0.15) is 0 Å². The highest BCUT2D eigenvalue weighted by atomic mass is 32.1. The molecule has 17 heavy (non-hydrogen) atoms. The Morgan fingerprint density at radius 2 is 2.35 bits per heavy atom. The van der Waals surface area contributed by atoms with Crippen LogP contribution in [-0.2, 0) is 6.42 Å². The lowest BCUT2D eigenvalue weighted by molar-refractivity contribution is 0.106. The average molecular weight is 254 g/mol. The molecular weight excluding hydrogens is 232 g/mol. The molecule has 0 amide bonds. The number of aryl methyl sites for hydroxylation is 2. The van der Waals surface area contributed by atoms with E-state index in [0.717, 1.165) is 30.9 Å². The molecule has 1 aromatic rings. The second kappa shape index (κ2) is 5.94. The van der Waals surface area contributed by atoms with Crippen LogP contribution in [0.3, 0.4) is 0 Å². The first-order valence-electron chi connectivity index (χ1n) is 6.43. The minimum Gasteiger partial charge on any atom is -0.392 e. The first-order valence-corrected chi connectivity index (χ1v) is 7.30. The summed E-state index contributed by atoms with van der Waals surface area (Å²) in [6.45, 7) is 3.91. The quantitative estimate of drug-likeness (QED) is 0.809. The third kappa shape index (κ3) is 4.37. The van der Waals surface area contributed by atoms with Crippen molar-refractivity contribution in [1.82, 2.24) is 9.88 Å². The van der Waals surface area contributed by atoms with Crippen LogP contribution in [-0.4, -0.2) is 41.2 Å². The summed E-state index contributed by atoms with van der Waals surface area (Å²) in [7, 11) is 2.10. The van der Waals surface area contributed by atoms with Crippen LogP contribution in [0.2, 0.25) is 0 Å². The van der Waals surface area contributed by atoms with Gasteiger partial charge in [0.25, 0.3) is 0 Å². The molecule has 1 unspecified atom stereocenters.